The van der Waals surface area contributed by atoms with Gasteiger partial charge in [-0.1, -0.05) is 19.1 Å². The first-order valence-electron chi connectivity index (χ1n) is 6.76. The van der Waals surface area contributed by atoms with Crippen LogP contribution in [-0.2, 0) is 6.54 Å². The topological polar surface area (TPSA) is 57.0 Å². The van der Waals surface area contributed by atoms with Crippen LogP contribution < -0.4 is 5.73 Å². The van der Waals surface area contributed by atoms with Gasteiger partial charge in [0.15, 0.2) is 0 Å². The molecular formula is C15H15Br2N3O. The number of nitrogens with zero attached hydrogens (tertiary/aromatic N) is 2. The maximum absolute atomic E-state index is 6.41. The Morgan fingerprint density at radius 1 is 1.33 bits per heavy atom. The monoisotopic (exact) mass is 411 g/mol. The summed E-state index contributed by atoms with van der Waals surface area (Å²) in [4.78, 5) is 0. The van der Waals surface area contributed by atoms with Gasteiger partial charge in [0.1, 0.15) is 17.4 Å². The van der Waals surface area contributed by atoms with E-state index in [9.17, 15) is 0 Å². The van der Waals surface area contributed by atoms with Gasteiger partial charge in [-0.15, -0.1) is 0 Å². The van der Waals surface area contributed by atoms with Gasteiger partial charge in [0.2, 0.25) is 0 Å². The molecule has 1 aromatic carbocycles. The van der Waals surface area contributed by atoms with Crippen molar-refractivity contribution in [1.29, 1.82) is 0 Å². The summed E-state index contributed by atoms with van der Waals surface area (Å²) in [6, 6.07) is 7.58. The average molecular weight is 413 g/mol. The molecule has 0 fully saturated rings. The van der Waals surface area contributed by atoms with Crippen molar-refractivity contribution in [2.75, 3.05) is 0 Å². The van der Waals surface area contributed by atoms with E-state index < -0.39 is 0 Å². The third kappa shape index (κ3) is 2.67. The van der Waals surface area contributed by atoms with Crippen LogP contribution in [0.5, 0.6) is 0 Å². The lowest BCUT2D eigenvalue weighted by Crippen LogP contribution is -2.17. The molecule has 0 aliphatic rings. The Morgan fingerprint density at radius 2 is 2.14 bits per heavy atom. The number of aryl methyl sites for hydroxylation is 1. The Balaban J connectivity index is 2.06. The molecule has 2 N–H and O–H groups in total. The number of para-hydroxylation sites is 1. The summed E-state index contributed by atoms with van der Waals surface area (Å²) in [6.45, 7) is 2.95. The smallest absolute Gasteiger partial charge is 0.148 e. The van der Waals surface area contributed by atoms with Gasteiger partial charge in [-0.05, 0) is 50.4 Å². The minimum absolute atomic E-state index is 0.354. The zero-order chi connectivity index (χ0) is 15.0. The van der Waals surface area contributed by atoms with Crippen molar-refractivity contribution >= 4 is 42.8 Å². The van der Waals surface area contributed by atoms with E-state index in [2.05, 4.69) is 43.9 Å². The number of rotatable bonds is 4. The van der Waals surface area contributed by atoms with E-state index in [1.165, 1.54) is 0 Å². The summed E-state index contributed by atoms with van der Waals surface area (Å²) in [5, 5.41) is 5.40. The summed E-state index contributed by atoms with van der Waals surface area (Å²) >= 11 is 7.03. The highest BCUT2D eigenvalue weighted by Crippen LogP contribution is 2.33. The lowest BCUT2D eigenvalue weighted by molar-refractivity contribution is 0.490. The number of fused-ring (bicyclic) bond motifs is 1. The van der Waals surface area contributed by atoms with Crippen LogP contribution in [0.2, 0.25) is 0 Å². The number of hydrogen-bond acceptors (Lipinski definition) is 3. The first-order valence-corrected chi connectivity index (χ1v) is 8.35. The van der Waals surface area contributed by atoms with Crippen molar-refractivity contribution in [3.05, 3.63) is 50.9 Å². The number of benzene rings is 1. The predicted molar refractivity (Wildman–Crippen MR) is 90.2 cm³/mol. The lowest BCUT2D eigenvalue weighted by atomic mass is 10.1. The Bertz CT molecular complexity index is 778. The fourth-order valence-electron chi connectivity index (χ4n) is 2.41. The van der Waals surface area contributed by atoms with Gasteiger partial charge < -0.3 is 10.2 Å². The average Bonchev–Trinajstić information content (AvgIpc) is 3.04. The van der Waals surface area contributed by atoms with Crippen LogP contribution in [0.4, 0.5) is 0 Å². The third-order valence-electron chi connectivity index (χ3n) is 3.38. The number of aromatic nitrogens is 2. The molecule has 1 unspecified atom stereocenters. The minimum atomic E-state index is -0.354. The lowest BCUT2D eigenvalue weighted by Gasteiger charge is -2.12. The normalized spacial score (nSPS) is 13.0. The summed E-state index contributed by atoms with van der Waals surface area (Å²) in [6.07, 6.45) is 2.78. The summed E-state index contributed by atoms with van der Waals surface area (Å²) in [5.41, 5.74) is 8.16. The minimum Gasteiger partial charge on any atom is -0.458 e. The summed E-state index contributed by atoms with van der Waals surface area (Å²) in [7, 11) is 0. The van der Waals surface area contributed by atoms with Crippen LogP contribution in [0.15, 0.2) is 43.8 Å². The van der Waals surface area contributed by atoms with Crippen molar-refractivity contribution in [2.24, 2.45) is 5.73 Å². The third-order valence-corrected chi connectivity index (χ3v) is 4.62. The molecule has 21 heavy (non-hydrogen) atoms. The Morgan fingerprint density at radius 3 is 2.86 bits per heavy atom. The molecule has 1 atom stereocenters. The highest BCUT2D eigenvalue weighted by molar-refractivity contribution is 9.11. The predicted octanol–water partition coefficient (Wildman–Crippen LogP) is 4.61. The molecule has 4 nitrogen and oxygen atoms in total. The molecule has 3 rings (SSSR count). The standard InChI is InChI=1S/C15H15Br2N3O/c1-2-6-20-14(11(17)8-19-20)13(18)12-7-9-4-3-5-10(16)15(9)21-12/h3-5,7-8,13H,2,6,18H2,1H3. The summed E-state index contributed by atoms with van der Waals surface area (Å²) in [5.74, 6) is 0.732. The maximum atomic E-state index is 6.41. The van der Waals surface area contributed by atoms with Crippen LogP contribution in [0.1, 0.15) is 30.8 Å². The fourth-order valence-corrected chi connectivity index (χ4v) is 3.41. The molecule has 3 aromatic rings. The van der Waals surface area contributed by atoms with Crippen LogP contribution in [-0.4, -0.2) is 9.78 Å². The quantitative estimate of drug-likeness (QED) is 0.680. The molecule has 0 spiro atoms. The van der Waals surface area contributed by atoms with Crippen LogP contribution >= 0.6 is 31.9 Å². The Hall–Kier alpha value is -1.11. The van der Waals surface area contributed by atoms with Crippen LogP contribution in [0.3, 0.4) is 0 Å². The molecule has 0 aliphatic carbocycles. The molecule has 2 aromatic heterocycles. The van der Waals surface area contributed by atoms with E-state index in [1.54, 1.807) is 6.20 Å². The fraction of sp³-hybridized carbons (Fsp3) is 0.267. The van der Waals surface area contributed by atoms with Crippen molar-refractivity contribution in [3.63, 3.8) is 0 Å². The zero-order valence-electron chi connectivity index (χ0n) is 11.5. The Labute approximate surface area is 139 Å². The number of furan rings is 1. The van der Waals surface area contributed by atoms with Gasteiger partial charge in [0.05, 0.1) is 20.8 Å². The molecular weight excluding hydrogens is 398 g/mol. The van der Waals surface area contributed by atoms with E-state index >= 15 is 0 Å². The molecule has 0 aliphatic heterocycles. The largest absolute Gasteiger partial charge is 0.458 e. The van der Waals surface area contributed by atoms with E-state index in [4.69, 9.17) is 10.2 Å². The first kappa shape index (κ1) is 14.8. The number of halogens is 2. The van der Waals surface area contributed by atoms with E-state index in [0.717, 1.165) is 44.3 Å². The van der Waals surface area contributed by atoms with Gasteiger partial charge in [-0.25, -0.2) is 0 Å². The molecule has 0 saturated carbocycles. The zero-order valence-corrected chi connectivity index (χ0v) is 14.7. The molecule has 0 radical (unpaired) electrons. The summed E-state index contributed by atoms with van der Waals surface area (Å²) < 4.78 is 9.70. The van der Waals surface area contributed by atoms with Gasteiger partial charge in [-0.2, -0.15) is 5.10 Å². The molecule has 0 bridgehead atoms. The van der Waals surface area contributed by atoms with E-state index in [0.29, 0.717) is 0 Å². The van der Waals surface area contributed by atoms with E-state index in [1.807, 2.05) is 28.9 Å². The SMILES string of the molecule is CCCn1ncc(Br)c1C(N)c1cc2cccc(Br)c2o1. The second-order valence-electron chi connectivity index (χ2n) is 4.89. The molecule has 2 heterocycles. The second kappa shape index (κ2) is 5.94. The Kier molecular flexibility index (Phi) is 4.19. The molecule has 110 valence electrons. The molecule has 0 saturated heterocycles. The van der Waals surface area contributed by atoms with Crippen molar-refractivity contribution in [3.8, 4) is 0 Å². The first-order chi connectivity index (χ1) is 10.1. The highest BCUT2D eigenvalue weighted by Gasteiger charge is 2.22. The van der Waals surface area contributed by atoms with Gasteiger partial charge in [0.25, 0.3) is 0 Å². The number of hydrogen-bond donors (Lipinski definition) is 1. The van der Waals surface area contributed by atoms with Crippen molar-refractivity contribution in [1.82, 2.24) is 9.78 Å². The van der Waals surface area contributed by atoms with E-state index in [-0.39, 0.29) is 6.04 Å². The molecule has 6 heteroatoms. The van der Waals surface area contributed by atoms with Crippen molar-refractivity contribution < 1.29 is 4.42 Å². The van der Waals surface area contributed by atoms with Gasteiger partial charge in [0, 0.05) is 11.9 Å². The van der Waals surface area contributed by atoms with Crippen LogP contribution in [0.25, 0.3) is 11.0 Å². The second-order valence-corrected chi connectivity index (χ2v) is 6.59. The van der Waals surface area contributed by atoms with Gasteiger partial charge >= 0.3 is 0 Å². The van der Waals surface area contributed by atoms with Crippen LogP contribution in [0, 0.1) is 0 Å². The maximum Gasteiger partial charge on any atom is 0.148 e. The molecule has 0 amide bonds. The highest BCUT2D eigenvalue weighted by atomic mass is 79.9. The number of nitrogens with two attached hydrogens (primary N) is 1. The van der Waals surface area contributed by atoms with Gasteiger partial charge in [-0.3, -0.25) is 4.68 Å². The van der Waals surface area contributed by atoms with Crippen molar-refractivity contribution in [2.45, 2.75) is 25.9 Å².